The number of H-pyrrole nitrogens is 1. The van der Waals surface area contributed by atoms with Gasteiger partial charge in [-0.05, 0) is 43.5 Å². The molecule has 4 aromatic rings. The van der Waals surface area contributed by atoms with Crippen LogP contribution >= 0.6 is 0 Å². The Bertz CT molecular complexity index is 1490. The number of aliphatic hydroxyl groups excluding tert-OH is 2. The highest BCUT2D eigenvalue weighted by Gasteiger charge is 2.33. The minimum Gasteiger partial charge on any atom is -0.490 e. The summed E-state index contributed by atoms with van der Waals surface area (Å²) in [7, 11) is 0. The number of pyridine rings is 1. The maximum Gasteiger partial charge on any atom is 0.251 e. The van der Waals surface area contributed by atoms with Crippen LogP contribution in [0.2, 0.25) is 0 Å². The van der Waals surface area contributed by atoms with Crippen molar-refractivity contribution >= 4 is 22.6 Å². The van der Waals surface area contributed by atoms with Crippen LogP contribution < -0.4 is 20.1 Å². The van der Waals surface area contributed by atoms with E-state index in [-0.39, 0.29) is 31.2 Å². The van der Waals surface area contributed by atoms with Crippen LogP contribution in [0.25, 0.3) is 22.2 Å². The molecule has 3 aromatic heterocycles. The average Bonchev–Trinajstić information content (AvgIpc) is 3.66. The smallest absolute Gasteiger partial charge is 0.251 e. The second kappa shape index (κ2) is 10.7. The zero-order valence-electron chi connectivity index (χ0n) is 21.9. The van der Waals surface area contributed by atoms with Gasteiger partial charge in [-0.2, -0.15) is 10.2 Å². The van der Waals surface area contributed by atoms with E-state index in [4.69, 9.17) is 4.74 Å². The van der Waals surface area contributed by atoms with Gasteiger partial charge in [0.1, 0.15) is 17.3 Å². The van der Waals surface area contributed by atoms with E-state index in [0.29, 0.717) is 6.54 Å². The Balaban J connectivity index is 1.22. The normalized spacial score (nSPS) is 19.6. The fourth-order valence-electron chi connectivity index (χ4n) is 5.63. The van der Waals surface area contributed by atoms with E-state index < -0.39 is 6.10 Å². The van der Waals surface area contributed by atoms with Gasteiger partial charge in [-0.1, -0.05) is 0 Å². The van der Waals surface area contributed by atoms with Crippen molar-refractivity contribution in [1.29, 1.82) is 0 Å². The highest BCUT2D eigenvalue weighted by Crippen LogP contribution is 2.33. The Morgan fingerprint density at radius 1 is 1.23 bits per heavy atom. The Labute approximate surface area is 225 Å². The number of aromatic amines is 1. The summed E-state index contributed by atoms with van der Waals surface area (Å²) >= 11 is 0. The summed E-state index contributed by atoms with van der Waals surface area (Å²) in [6, 6.07) is 8.08. The van der Waals surface area contributed by atoms with Gasteiger partial charge in [-0.3, -0.25) is 9.48 Å². The Morgan fingerprint density at radius 2 is 2.08 bits per heavy atom. The predicted molar refractivity (Wildman–Crippen MR) is 144 cm³/mol. The molecule has 1 aromatic carbocycles. The molecule has 0 spiro atoms. The summed E-state index contributed by atoms with van der Waals surface area (Å²) in [4.78, 5) is 16.5. The van der Waals surface area contributed by atoms with Crippen molar-refractivity contribution in [3.8, 4) is 17.0 Å². The average molecular weight is 533 g/mol. The Hall–Kier alpha value is -3.96. The molecule has 5 N–H and O–H groups in total. The molecule has 1 fully saturated rings. The summed E-state index contributed by atoms with van der Waals surface area (Å²) in [6.45, 7) is 3.30. The number of ether oxygens (including phenoxy) is 1. The molecule has 39 heavy (non-hydrogen) atoms. The summed E-state index contributed by atoms with van der Waals surface area (Å²) in [5.74, 6) is 1.63. The first-order valence-electron chi connectivity index (χ1n) is 13.6. The van der Waals surface area contributed by atoms with Crippen molar-refractivity contribution in [2.75, 3.05) is 18.5 Å². The van der Waals surface area contributed by atoms with E-state index in [2.05, 4.69) is 36.6 Å². The molecule has 11 heteroatoms. The van der Waals surface area contributed by atoms with Crippen molar-refractivity contribution < 1.29 is 24.4 Å². The molecule has 0 saturated heterocycles. The number of aliphatic hydroxyl groups is 2. The SMILES string of the molecule is CCNc1cc2c(cn1)c(-c1cnn(C[C@@H](O)CO)c1)[nH][n+]2C1CCC(Oc2ccc3c(c2)CNC3=O)CC1. The number of nitrogens with one attached hydrogen (secondary N) is 3. The van der Waals surface area contributed by atoms with Crippen LogP contribution in [0.1, 0.15) is 54.6 Å². The van der Waals surface area contributed by atoms with Crippen molar-refractivity contribution in [1.82, 2.24) is 25.2 Å². The van der Waals surface area contributed by atoms with Crippen LogP contribution in [0, 0.1) is 0 Å². The predicted octanol–water partition coefficient (Wildman–Crippen LogP) is 2.30. The number of amides is 1. The molecule has 204 valence electrons. The van der Waals surface area contributed by atoms with E-state index >= 15 is 0 Å². The molecular formula is C28H34N7O4+. The maximum absolute atomic E-state index is 11.8. The summed E-state index contributed by atoms with van der Waals surface area (Å²) in [5.41, 5.74) is 4.61. The molecule has 6 rings (SSSR count). The van der Waals surface area contributed by atoms with Gasteiger partial charge >= 0.3 is 0 Å². The lowest BCUT2D eigenvalue weighted by Crippen LogP contribution is -2.44. The molecule has 1 aliphatic heterocycles. The number of rotatable bonds is 9. The first kappa shape index (κ1) is 25.3. The lowest BCUT2D eigenvalue weighted by Gasteiger charge is -2.25. The van der Waals surface area contributed by atoms with Crippen LogP contribution in [0.3, 0.4) is 0 Å². The standard InChI is InChI=1S/C28H33N7O4/c1-2-29-26-10-25-24(13-30-26)27(18-12-32-34(14-18)15-20(37)16-36)33-35(25)19-3-5-21(6-4-19)39-22-7-8-23-17(9-22)11-31-28(23)38/h7-10,12-14,19-21,36-37H,2-6,11,15-16H2,1H3,(H2,29,30,31,33,38)/p+1/t19?,20-,21?/m1/s1. The van der Waals surface area contributed by atoms with E-state index in [1.165, 1.54) is 0 Å². The molecule has 1 aliphatic carbocycles. The van der Waals surface area contributed by atoms with Gasteiger partial charge in [0.25, 0.3) is 5.91 Å². The highest BCUT2D eigenvalue weighted by atomic mass is 16.5. The van der Waals surface area contributed by atoms with Crippen LogP contribution in [0.15, 0.2) is 42.9 Å². The minimum atomic E-state index is -0.860. The molecule has 2 aliphatic rings. The number of nitrogens with zero attached hydrogens (tertiary/aromatic N) is 4. The summed E-state index contributed by atoms with van der Waals surface area (Å²) in [6.07, 6.45) is 8.54. The number of anilines is 1. The minimum absolute atomic E-state index is 0.0192. The molecule has 1 amide bonds. The Morgan fingerprint density at radius 3 is 2.87 bits per heavy atom. The van der Waals surface area contributed by atoms with Gasteiger partial charge in [0, 0.05) is 49.5 Å². The number of aromatic nitrogens is 5. The Kier molecular flexibility index (Phi) is 6.92. The zero-order valence-corrected chi connectivity index (χ0v) is 21.9. The van der Waals surface area contributed by atoms with Crippen LogP contribution in [-0.2, 0) is 13.1 Å². The molecule has 0 bridgehead atoms. The third-order valence-corrected chi connectivity index (χ3v) is 7.60. The molecule has 4 heterocycles. The number of benzene rings is 1. The third-order valence-electron chi connectivity index (χ3n) is 7.60. The molecule has 0 unspecified atom stereocenters. The van der Waals surface area contributed by atoms with Gasteiger partial charge in [0.15, 0.2) is 6.04 Å². The first-order valence-corrected chi connectivity index (χ1v) is 13.6. The second-order valence-electron chi connectivity index (χ2n) is 10.3. The van der Waals surface area contributed by atoms with Crippen LogP contribution in [0.5, 0.6) is 5.75 Å². The van der Waals surface area contributed by atoms with Gasteiger partial charge < -0.3 is 25.6 Å². The molecule has 1 saturated carbocycles. The largest absolute Gasteiger partial charge is 0.490 e. The lowest BCUT2D eigenvalue weighted by atomic mass is 9.93. The van der Waals surface area contributed by atoms with Crippen LogP contribution in [-0.4, -0.2) is 61.3 Å². The molecule has 0 radical (unpaired) electrons. The quantitative estimate of drug-likeness (QED) is 0.208. The molecular weight excluding hydrogens is 498 g/mol. The van der Waals surface area contributed by atoms with Crippen LogP contribution in [0.4, 0.5) is 5.82 Å². The summed E-state index contributed by atoms with van der Waals surface area (Å²) in [5, 5.41) is 34.2. The second-order valence-corrected chi connectivity index (χ2v) is 10.3. The topological polar surface area (TPSA) is 141 Å². The van der Waals surface area contributed by atoms with Gasteiger partial charge in [0.2, 0.25) is 5.52 Å². The monoisotopic (exact) mass is 532 g/mol. The number of carbonyl (C=O) groups is 1. The van der Waals surface area contributed by atoms with E-state index in [1.807, 2.05) is 37.5 Å². The molecule has 1 atom stereocenters. The van der Waals surface area contributed by atoms with Gasteiger partial charge in [-0.25, -0.2) is 4.98 Å². The van der Waals surface area contributed by atoms with Crippen molar-refractivity contribution in [2.45, 2.75) is 63.9 Å². The van der Waals surface area contributed by atoms with Crippen molar-refractivity contribution in [3.05, 3.63) is 54.0 Å². The van der Waals surface area contributed by atoms with E-state index in [1.54, 1.807) is 10.9 Å². The lowest BCUT2D eigenvalue weighted by molar-refractivity contribution is -0.753. The summed E-state index contributed by atoms with van der Waals surface area (Å²) < 4.78 is 10.2. The van der Waals surface area contributed by atoms with E-state index in [0.717, 1.165) is 77.1 Å². The maximum atomic E-state index is 11.8. The number of fused-ring (bicyclic) bond motifs is 2. The third kappa shape index (κ3) is 5.07. The van der Waals surface area contributed by atoms with E-state index in [9.17, 15) is 15.0 Å². The zero-order chi connectivity index (χ0) is 26.9. The van der Waals surface area contributed by atoms with Gasteiger partial charge in [0.05, 0.1) is 43.0 Å². The fourth-order valence-corrected chi connectivity index (χ4v) is 5.63. The number of hydrogen-bond acceptors (Lipinski definition) is 7. The highest BCUT2D eigenvalue weighted by molar-refractivity contribution is 5.98. The number of hydrogen-bond donors (Lipinski definition) is 5. The van der Waals surface area contributed by atoms with Crippen molar-refractivity contribution in [3.63, 3.8) is 0 Å². The number of carbonyl (C=O) groups excluding carboxylic acids is 1. The first-order chi connectivity index (χ1) is 19.0. The molecule has 11 nitrogen and oxygen atoms in total. The fraction of sp³-hybridized carbons (Fsp3) is 0.429. The van der Waals surface area contributed by atoms with Gasteiger partial charge in [-0.15, -0.1) is 4.68 Å². The van der Waals surface area contributed by atoms with Crippen molar-refractivity contribution in [2.24, 2.45) is 0 Å².